The van der Waals surface area contributed by atoms with Crippen molar-refractivity contribution >= 4 is 45.6 Å². The van der Waals surface area contributed by atoms with Gasteiger partial charge in [0, 0.05) is 10.6 Å². The molecule has 0 saturated heterocycles. The first-order valence-electron chi connectivity index (χ1n) is 11.6. The van der Waals surface area contributed by atoms with Gasteiger partial charge in [-0.3, -0.25) is 9.59 Å². The van der Waals surface area contributed by atoms with Crippen molar-refractivity contribution in [3.8, 4) is 11.5 Å². The Hall–Kier alpha value is -3.36. The zero-order chi connectivity index (χ0) is 26.9. The molecule has 0 aliphatic rings. The summed E-state index contributed by atoms with van der Waals surface area (Å²) in [7, 11) is 1.55. The number of halogens is 2. The van der Waals surface area contributed by atoms with Crippen LogP contribution in [0.3, 0.4) is 0 Å². The van der Waals surface area contributed by atoms with Crippen LogP contribution in [0.4, 0.5) is 0 Å². The predicted octanol–water partition coefficient (Wildman–Crippen LogP) is 5.90. The quantitative estimate of drug-likeness (QED) is 0.229. The summed E-state index contributed by atoms with van der Waals surface area (Å²) in [5.41, 5.74) is 5.69. The Morgan fingerprint density at radius 2 is 1.76 bits per heavy atom. The number of hydrogen-bond acceptors (Lipinski definition) is 5. The maximum atomic E-state index is 12.8. The molecule has 0 aliphatic heterocycles. The average molecular weight is 587 g/mol. The SMILES string of the molecule is COc1cc(C=NNC(=O)C(NC(=O)c2ccc(C)cc2)C(C)C)cc(Br)c1OCc1ccc(Cl)cc1. The molecule has 2 N–H and O–H groups in total. The summed E-state index contributed by atoms with van der Waals surface area (Å²) in [6.45, 7) is 5.99. The van der Waals surface area contributed by atoms with Crippen molar-refractivity contribution in [3.05, 3.63) is 92.4 Å². The Labute approximate surface area is 230 Å². The Morgan fingerprint density at radius 3 is 2.38 bits per heavy atom. The van der Waals surface area contributed by atoms with Crippen LogP contribution in [0.1, 0.15) is 40.9 Å². The van der Waals surface area contributed by atoms with E-state index in [1.54, 1.807) is 43.5 Å². The highest BCUT2D eigenvalue weighted by atomic mass is 79.9. The van der Waals surface area contributed by atoms with Gasteiger partial charge in [-0.2, -0.15) is 5.10 Å². The third-order valence-electron chi connectivity index (χ3n) is 5.49. The van der Waals surface area contributed by atoms with Crippen molar-refractivity contribution < 1.29 is 19.1 Å². The molecule has 1 unspecified atom stereocenters. The van der Waals surface area contributed by atoms with E-state index in [1.165, 1.54) is 6.21 Å². The van der Waals surface area contributed by atoms with Gasteiger partial charge in [-0.15, -0.1) is 0 Å². The van der Waals surface area contributed by atoms with Gasteiger partial charge < -0.3 is 14.8 Å². The summed E-state index contributed by atoms with van der Waals surface area (Å²) >= 11 is 9.46. The third kappa shape index (κ3) is 8.06. The van der Waals surface area contributed by atoms with Gasteiger partial charge in [-0.25, -0.2) is 5.43 Å². The number of benzene rings is 3. The molecule has 0 aromatic heterocycles. The van der Waals surface area contributed by atoms with E-state index in [0.717, 1.165) is 11.1 Å². The highest BCUT2D eigenvalue weighted by Gasteiger charge is 2.24. The van der Waals surface area contributed by atoms with Crippen LogP contribution in [0.25, 0.3) is 0 Å². The molecule has 3 rings (SSSR count). The largest absolute Gasteiger partial charge is 0.493 e. The van der Waals surface area contributed by atoms with Crippen LogP contribution in [0, 0.1) is 12.8 Å². The number of ether oxygens (including phenoxy) is 2. The summed E-state index contributed by atoms with van der Waals surface area (Å²) < 4.78 is 12.1. The number of rotatable bonds is 10. The molecule has 1 atom stereocenters. The smallest absolute Gasteiger partial charge is 0.262 e. The van der Waals surface area contributed by atoms with E-state index in [-0.39, 0.29) is 11.8 Å². The van der Waals surface area contributed by atoms with Crippen molar-refractivity contribution in [2.24, 2.45) is 11.0 Å². The maximum Gasteiger partial charge on any atom is 0.262 e. The first kappa shape index (κ1) is 28.2. The van der Waals surface area contributed by atoms with E-state index in [4.69, 9.17) is 21.1 Å². The van der Waals surface area contributed by atoms with Crippen molar-refractivity contribution in [1.82, 2.24) is 10.7 Å². The monoisotopic (exact) mass is 585 g/mol. The first-order valence-corrected chi connectivity index (χ1v) is 12.8. The standard InChI is InChI=1S/C28H29BrClN3O4/c1-17(2)25(32-27(34)21-9-5-18(3)6-10-21)28(35)33-31-15-20-13-23(29)26(24(14-20)36-4)37-16-19-7-11-22(30)12-8-19/h5-15,17,25H,16H2,1-4H3,(H,32,34)(H,33,35). The van der Waals surface area contributed by atoms with Crippen LogP contribution in [0.5, 0.6) is 11.5 Å². The van der Waals surface area contributed by atoms with Crippen LogP contribution < -0.4 is 20.2 Å². The fourth-order valence-electron chi connectivity index (χ4n) is 3.39. The van der Waals surface area contributed by atoms with Crippen molar-refractivity contribution in [1.29, 1.82) is 0 Å². The molecule has 0 radical (unpaired) electrons. The van der Waals surface area contributed by atoms with E-state index < -0.39 is 11.9 Å². The zero-order valence-corrected chi connectivity index (χ0v) is 23.4. The number of carbonyl (C=O) groups excluding carboxylic acids is 2. The van der Waals surface area contributed by atoms with Gasteiger partial charge in [0.1, 0.15) is 12.6 Å². The summed E-state index contributed by atoms with van der Waals surface area (Å²) in [5.74, 6) is 0.163. The molecule has 0 heterocycles. The molecule has 194 valence electrons. The molecule has 9 heteroatoms. The molecule has 0 fully saturated rings. The molecule has 0 saturated carbocycles. The van der Waals surface area contributed by atoms with E-state index in [1.807, 2.05) is 45.0 Å². The molecule has 0 aliphatic carbocycles. The Balaban J connectivity index is 1.65. The van der Waals surface area contributed by atoms with Gasteiger partial charge >= 0.3 is 0 Å². The minimum Gasteiger partial charge on any atom is -0.493 e. The molecule has 2 amide bonds. The normalized spacial score (nSPS) is 11.9. The second kappa shape index (κ2) is 13.3. The van der Waals surface area contributed by atoms with Crippen LogP contribution >= 0.6 is 27.5 Å². The topological polar surface area (TPSA) is 89.0 Å². The summed E-state index contributed by atoms with van der Waals surface area (Å²) in [6.07, 6.45) is 1.49. The van der Waals surface area contributed by atoms with Crippen LogP contribution in [-0.2, 0) is 11.4 Å². The molecular formula is C28H29BrClN3O4. The minimum atomic E-state index is -0.754. The summed E-state index contributed by atoms with van der Waals surface area (Å²) in [5, 5.41) is 7.53. The fourth-order valence-corrected chi connectivity index (χ4v) is 4.10. The second-order valence-electron chi connectivity index (χ2n) is 8.74. The summed E-state index contributed by atoms with van der Waals surface area (Å²) in [6, 6.07) is 17.3. The van der Waals surface area contributed by atoms with Crippen LogP contribution in [0.2, 0.25) is 5.02 Å². The molecular weight excluding hydrogens is 558 g/mol. The van der Waals surface area contributed by atoms with Crippen LogP contribution in [0.15, 0.2) is 70.2 Å². The molecule has 3 aromatic rings. The number of hydrogen-bond donors (Lipinski definition) is 2. The van der Waals surface area contributed by atoms with E-state index >= 15 is 0 Å². The Morgan fingerprint density at radius 1 is 1.08 bits per heavy atom. The number of nitrogens with one attached hydrogen (secondary N) is 2. The average Bonchev–Trinajstić information content (AvgIpc) is 2.87. The minimum absolute atomic E-state index is 0.143. The summed E-state index contributed by atoms with van der Waals surface area (Å²) in [4.78, 5) is 25.4. The van der Waals surface area contributed by atoms with E-state index in [2.05, 4.69) is 31.8 Å². The second-order valence-corrected chi connectivity index (χ2v) is 10.0. The van der Waals surface area contributed by atoms with Crippen molar-refractivity contribution in [2.45, 2.75) is 33.4 Å². The molecule has 0 bridgehead atoms. The number of hydrazone groups is 1. The lowest BCUT2D eigenvalue weighted by atomic mass is 10.0. The molecule has 0 spiro atoms. The Kier molecular flexibility index (Phi) is 10.1. The maximum absolute atomic E-state index is 12.8. The van der Waals surface area contributed by atoms with Gasteiger partial charge in [-0.05, 0) is 76.3 Å². The van der Waals surface area contributed by atoms with Gasteiger partial charge in [0.05, 0.1) is 17.8 Å². The van der Waals surface area contributed by atoms with Gasteiger partial charge in [0.15, 0.2) is 11.5 Å². The zero-order valence-electron chi connectivity index (χ0n) is 21.0. The first-order chi connectivity index (χ1) is 17.7. The van der Waals surface area contributed by atoms with Gasteiger partial charge in [0.25, 0.3) is 11.8 Å². The third-order valence-corrected chi connectivity index (χ3v) is 6.33. The van der Waals surface area contributed by atoms with Crippen molar-refractivity contribution in [2.75, 3.05) is 7.11 Å². The highest BCUT2D eigenvalue weighted by Crippen LogP contribution is 2.37. The van der Waals surface area contributed by atoms with E-state index in [9.17, 15) is 9.59 Å². The molecule has 7 nitrogen and oxygen atoms in total. The molecule has 3 aromatic carbocycles. The number of aryl methyl sites for hydroxylation is 1. The number of nitrogens with zero attached hydrogens (tertiary/aromatic N) is 1. The number of carbonyl (C=O) groups is 2. The number of methoxy groups -OCH3 is 1. The van der Waals surface area contributed by atoms with Gasteiger partial charge in [-0.1, -0.05) is 55.3 Å². The van der Waals surface area contributed by atoms with Gasteiger partial charge in [0.2, 0.25) is 0 Å². The lowest BCUT2D eigenvalue weighted by Crippen LogP contribution is -2.48. The Bertz CT molecular complexity index is 1260. The number of amides is 2. The van der Waals surface area contributed by atoms with E-state index in [0.29, 0.717) is 38.7 Å². The lowest BCUT2D eigenvalue weighted by Gasteiger charge is -2.20. The molecule has 37 heavy (non-hydrogen) atoms. The lowest BCUT2D eigenvalue weighted by molar-refractivity contribution is -0.123. The fraction of sp³-hybridized carbons (Fsp3) is 0.250. The van der Waals surface area contributed by atoms with Crippen molar-refractivity contribution in [3.63, 3.8) is 0 Å². The highest BCUT2D eigenvalue weighted by molar-refractivity contribution is 9.10. The predicted molar refractivity (Wildman–Crippen MR) is 149 cm³/mol. The van der Waals surface area contributed by atoms with Crippen LogP contribution in [-0.4, -0.2) is 31.2 Å².